The molecule has 1 saturated carbocycles. The number of nitrogens with zero attached hydrogens (tertiary/aromatic N) is 3. The maximum absolute atomic E-state index is 12.7. The van der Waals surface area contributed by atoms with Crippen LogP contribution in [0.4, 0.5) is 0 Å². The summed E-state index contributed by atoms with van der Waals surface area (Å²) in [5.41, 5.74) is 2.23. The van der Waals surface area contributed by atoms with Crippen LogP contribution < -0.4 is 10.9 Å². The van der Waals surface area contributed by atoms with Crippen molar-refractivity contribution in [1.82, 2.24) is 25.1 Å². The first-order chi connectivity index (χ1) is 11.6. The highest BCUT2D eigenvalue weighted by Crippen LogP contribution is 2.39. The number of aryl methyl sites for hydroxylation is 1. The number of amides is 1. The Balaban J connectivity index is 1.71. The van der Waals surface area contributed by atoms with Crippen molar-refractivity contribution >= 4 is 16.9 Å². The number of hydrogen-bond acceptors (Lipinski definition) is 4. The van der Waals surface area contributed by atoms with Gasteiger partial charge in [-0.3, -0.25) is 24.4 Å². The van der Waals surface area contributed by atoms with Gasteiger partial charge in [0.15, 0.2) is 5.65 Å². The molecular weight excluding hydrogens is 306 g/mol. The summed E-state index contributed by atoms with van der Waals surface area (Å²) in [5.74, 6) is 0.105. The summed E-state index contributed by atoms with van der Waals surface area (Å²) < 4.78 is 1.57. The van der Waals surface area contributed by atoms with Crippen molar-refractivity contribution in [2.75, 3.05) is 0 Å². The SMILES string of the molecule is Cn1[nH]c(=O)c2c(C(=O)NCc3ccccn3)cc(C3CC3)nc21. The molecule has 7 heteroatoms. The Morgan fingerprint density at radius 2 is 2.25 bits per heavy atom. The Morgan fingerprint density at radius 3 is 2.96 bits per heavy atom. The number of H-pyrrole nitrogens is 1. The molecule has 1 aliphatic rings. The largest absolute Gasteiger partial charge is 0.346 e. The van der Waals surface area contributed by atoms with Crippen LogP contribution in [0.5, 0.6) is 0 Å². The second kappa shape index (κ2) is 5.59. The van der Waals surface area contributed by atoms with E-state index in [0.29, 0.717) is 29.1 Å². The van der Waals surface area contributed by atoms with E-state index in [1.165, 1.54) is 0 Å². The summed E-state index contributed by atoms with van der Waals surface area (Å²) in [7, 11) is 1.73. The zero-order chi connectivity index (χ0) is 16.7. The molecule has 24 heavy (non-hydrogen) atoms. The first-order valence-electron chi connectivity index (χ1n) is 7.91. The van der Waals surface area contributed by atoms with Crippen molar-refractivity contribution in [2.24, 2.45) is 7.05 Å². The summed E-state index contributed by atoms with van der Waals surface area (Å²) in [6.07, 6.45) is 3.83. The van der Waals surface area contributed by atoms with E-state index in [1.54, 1.807) is 24.0 Å². The van der Waals surface area contributed by atoms with Gasteiger partial charge in [0.05, 0.1) is 23.2 Å². The van der Waals surface area contributed by atoms with Gasteiger partial charge in [-0.05, 0) is 31.0 Å². The highest BCUT2D eigenvalue weighted by atomic mass is 16.2. The number of nitrogens with one attached hydrogen (secondary N) is 2. The molecule has 0 unspecified atom stereocenters. The second-order valence-corrected chi connectivity index (χ2v) is 6.07. The molecular formula is C17H17N5O2. The maximum atomic E-state index is 12.7. The highest BCUT2D eigenvalue weighted by Gasteiger charge is 2.28. The summed E-state index contributed by atoms with van der Waals surface area (Å²) in [6, 6.07) is 7.28. The van der Waals surface area contributed by atoms with Crippen LogP contribution in [-0.4, -0.2) is 25.7 Å². The monoisotopic (exact) mass is 323 g/mol. The van der Waals surface area contributed by atoms with Gasteiger partial charge in [0.25, 0.3) is 11.5 Å². The van der Waals surface area contributed by atoms with Crippen molar-refractivity contribution in [3.05, 3.63) is 57.8 Å². The van der Waals surface area contributed by atoms with Gasteiger partial charge in [0, 0.05) is 24.9 Å². The minimum atomic E-state index is -0.301. The molecule has 0 bridgehead atoms. The summed E-state index contributed by atoms with van der Waals surface area (Å²) >= 11 is 0. The zero-order valence-electron chi connectivity index (χ0n) is 13.2. The fraction of sp³-hybridized carbons (Fsp3) is 0.294. The summed E-state index contributed by atoms with van der Waals surface area (Å²) in [4.78, 5) is 33.6. The van der Waals surface area contributed by atoms with Crippen LogP contribution in [0, 0.1) is 0 Å². The van der Waals surface area contributed by atoms with E-state index >= 15 is 0 Å². The van der Waals surface area contributed by atoms with Crippen molar-refractivity contribution in [3.63, 3.8) is 0 Å². The molecule has 1 fully saturated rings. The molecule has 3 aromatic heterocycles. The van der Waals surface area contributed by atoms with Gasteiger partial charge in [-0.1, -0.05) is 6.07 Å². The molecule has 1 aliphatic carbocycles. The lowest BCUT2D eigenvalue weighted by molar-refractivity contribution is 0.0952. The molecule has 2 N–H and O–H groups in total. The van der Waals surface area contributed by atoms with Crippen molar-refractivity contribution in [3.8, 4) is 0 Å². The zero-order valence-corrected chi connectivity index (χ0v) is 13.2. The topological polar surface area (TPSA) is 92.7 Å². The molecule has 3 heterocycles. The number of carbonyl (C=O) groups is 1. The minimum absolute atomic E-state index is 0.286. The Hall–Kier alpha value is -2.96. The van der Waals surface area contributed by atoms with E-state index in [4.69, 9.17) is 0 Å². The molecule has 1 amide bonds. The predicted molar refractivity (Wildman–Crippen MR) is 88.7 cm³/mol. The molecule has 0 aromatic carbocycles. The van der Waals surface area contributed by atoms with Gasteiger partial charge >= 0.3 is 0 Å². The number of rotatable bonds is 4. The fourth-order valence-corrected chi connectivity index (χ4v) is 2.81. The Labute approximate surface area is 137 Å². The third-order valence-electron chi connectivity index (χ3n) is 4.23. The van der Waals surface area contributed by atoms with E-state index in [9.17, 15) is 9.59 Å². The normalized spacial score (nSPS) is 14.0. The molecule has 122 valence electrons. The van der Waals surface area contributed by atoms with Crippen LogP contribution in [0.25, 0.3) is 11.0 Å². The molecule has 0 aliphatic heterocycles. The van der Waals surface area contributed by atoms with E-state index < -0.39 is 0 Å². The lowest BCUT2D eigenvalue weighted by Gasteiger charge is -2.08. The number of pyridine rings is 2. The average Bonchev–Trinajstić information content (AvgIpc) is 3.40. The molecule has 4 rings (SSSR count). The lowest BCUT2D eigenvalue weighted by atomic mass is 10.1. The third kappa shape index (κ3) is 2.58. The van der Waals surface area contributed by atoms with Crippen molar-refractivity contribution < 1.29 is 4.79 Å². The van der Waals surface area contributed by atoms with Crippen LogP contribution in [-0.2, 0) is 13.6 Å². The van der Waals surface area contributed by atoms with E-state index in [2.05, 4.69) is 20.4 Å². The molecule has 0 spiro atoms. The summed E-state index contributed by atoms with van der Waals surface area (Å²) in [6.45, 7) is 0.312. The first-order valence-corrected chi connectivity index (χ1v) is 7.91. The van der Waals surface area contributed by atoms with Crippen LogP contribution >= 0.6 is 0 Å². The average molecular weight is 323 g/mol. The van der Waals surface area contributed by atoms with Gasteiger partial charge in [-0.25, -0.2) is 4.98 Å². The molecule has 0 atom stereocenters. The fourth-order valence-electron chi connectivity index (χ4n) is 2.81. The van der Waals surface area contributed by atoms with Crippen LogP contribution in [0.2, 0.25) is 0 Å². The smallest absolute Gasteiger partial charge is 0.274 e. The number of hydrogen-bond donors (Lipinski definition) is 2. The van der Waals surface area contributed by atoms with Crippen LogP contribution in [0.3, 0.4) is 0 Å². The minimum Gasteiger partial charge on any atom is -0.346 e. The molecule has 3 aromatic rings. The number of aromatic amines is 1. The van der Waals surface area contributed by atoms with E-state index in [-0.39, 0.29) is 11.5 Å². The van der Waals surface area contributed by atoms with Crippen molar-refractivity contribution in [1.29, 1.82) is 0 Å². The van der Waals surface area contributed by atoms with Gasteiger partial charge in [-0.2, -0.15) is 0 Å². The van der Waals surface area contributed by atoms with Gasteiger partial charge < -0.3 is 5.32 Å². The van der Waals surface area contributed by atoms with Gasteiger partial charge in [0.2, 0.25) is 0 Å². The first kappa shape index (κ1) is 14.6. The quantitative estimate of drug-likeness (QED) is 0.760. The van der Waals surface area contributed by atoms with Gasteiger partial charge in [0.1, 0.15) is 0 Å². The molecule has 0 radical (unpaired) electrons. The standard InChI is InChI=1S/C17H17N5O2/c1-22-15-14(17(24)21-22)12(8-13(20-15)10-5-6-10)16(23)19-9-11-4-2-3-7-18-11/h2-4,7-8,10H,5-6,9H2,1H3,(H,19,23)(H,21,24). The number of aromatic nitrogens is 4. The lowest BCUT2D eigenvalue weighted by Crippen LogP contribution is -2.24. The van der Waals surface area contributed by atoms with Crippen LogP contribution in [0.15, 0.2) is 35.3 Å². The molecule has 0 saturated heterocycles. The third-order valence-corrected chi connectivity index (χ3v) is 4.23. The second-order valence-electron chi connectivity index (χ2n) is 6.07. The number of carbonyl (C=O) groups excluding carboxylic acids is 1. The Bertz CT molecular complexity index is 970. The number of fused-ring (bicyclic) bond motifs is 1. The maximum Gasteiger partial charge on any atom is 0.274 e. The highest BCUT2D eigenvalue weighted by molar-refractivity contribution is 6.05. The van der Waals surface area contributed by atoms with Gasteiger partial charge in [-0.15, -0.1) is 0 Å². The van der Waals surface area contributed by atoms with Crippen molar-refractivity contribution in [2.45, 2.75) is 25.3 Å². The van der Waals surface area contributed by atoms with E-state index in [1.807, 2.05) is 18.2 Å². The summed E-state index contributed by atoms with van der Waals surface area (Å²) in [5, 5.41) is 5.85. The van der Waals surface area contributed by atoms with Crippen LogP contribution in [0.1, 0.15) is 40.5 Å². The molecule has 7 nitrogen and oxygen atoms in total. The predicted octanol–water partition coefficient (Wildman–Crippen LogP) is 1.46. The van der Waals surface area contributed by atoms with E-state index in [0.717, 1.165) is 24.2 Å². The Kier molecular flexibility index (Phi) is 3.41. The Morgan fingerprint density at radius 1 is 1.42 bits per heavy atom.